The number of nitrogens with one attached hydrogen (secondary N) is 1. The van der Waals surface area contributed by atoms with E-state index in [-0.39, 0.29) is 23.8 Å². The lowest BCUT2D eigenvalue weighted by Crippen LogP contribution is -2.48. The Morgan fingerprint density at radius 1 is 1.05 bits per heavy atom. The summed E-state index contributed by atoms with van der Waals surface area (Å²) in [7, 11) is 1.34. The predicted octanol–water partition coefficient (Wildman–Crippen LogP) is 4.97. The fourth-order valence-electron chi connectivity index (χ4n) is 5.44. The Kier molecular flexibility index (Phi) is 12.9. The second-order valence-corrected chi connectivity index (χ2v) is 12.2. The molecule has 3 rings (SSSR count). The van der Waals surface area contributed by atoms with Gasteiger partial charge in [-0.15, -0.1) is 0 Å². The lowest BCUT2D eigenvalue weighted by Gasteiger charge is -2.28. The van der Waals surface area contributed by atoms with Crippen LogP contribution in [0.3, 0.4) is 0 Å². The summed E-state index contributed by atoms with van der Waals surface area (Å²) in [6.45, 7) is 5.24. The van der Waals surface area contributed by atoms with Gasteiger partial charge in [0.15, 0.2) is 0 Å². The molecule has 1 aromatic carbocycles. The van der Waals surface area contributed by atoms with Crippen molar-refractivity contribution in [3.05, 3.63) is 35.9 Å². The van der Waals surface area contributed by atoms with Gasteiger partial charge in [-0.05, 0) is 49.5 Å². The summed E-state index contributed by atoms with van der Waals surface area (Å²) in [6, 6.07) is 9.17. The number of nitrogens with zero attached hydrogens (tertiary/aromatic N) is 1. The van der Waals surface area contributed by atoms with E-state index in [1.807, 2.05) is 44.2 Å². The number of esters is 1. The molecule has 1 aliphatic heterocycles. The zero-order valence-corrected chi connectivity index (χ0v) is 24.2. The van der Waals surface area contributed by atoms with Gasteiger partial charge in [0.2, 0.25) is 11.8 Å². The Morgan fingerprint density at radius 3 is 2.47 bits per heavy atom. The maximum Gasteiger partial charge on any atom is 0.329 e. The average molecular weight is 547 g/mol. The summed E-state index contributed by atoms with van der Waals surface area (Å²) in [6.07, 6.45) is 8.70. The normalized spacial score (nSPS) is 19.8. The van der Waals surface area contributed by atoms with Gasteiger partial charge in [0.1, 0.15) is 12.1 Å². The highest BCUT2D eigenvalue weighted by molar-refractivity contribution is 7.99. The smallest absolute Gasteiger partial charge is 0.329 e. The average Bonchev–Trinajstić information content (AvgIpc) is 3.39. The first-order valence-electron chi connectivity index (χ1n) is 14.3. The van der Waals surface area contributed by atoms with Crippen LogP contribution in [0.2, 0.25) is 0 Å². The molecule has 212 valence electrons. The van der Waals surface area contributed by atoms with Gasteiger partial charge in [-0.25, -0.2) is 4.79 Å². The zero-order chi connectivity index (χ0) is 27.3. The van der Waals surface area contributed by atoms with Gasteiger partial charge >= 0.3 is 5.97 Å². The molecule has 1 N–H and O–H groups in total. The quantitative estimate of drug-likeness (QED) is 0.332. The summed E-state index contributed by atoms with van der Waals surface area (Å²) in [5, 5.41) is 2.88. The Labute approximate surface area is 232 Å². The molecule has 2 fully saturated rings. The van der Waals surface area contributed by atoms with Gasteiger partial charge in [0, 0.05) is 30.5 Å². The van der Waals surface area contributed by atoms with E-state index in [1.54, 1.807) is 11.8 Å². The van der Waals surface area contributed by atoms with E-state index in [1.165, 1.54) is 39.2 Å². The fourth-order valence-corrected chi connectivity index (χ4v) is 6.65. The van der Waals surface area contributed by atoms with Crippen LogP contribution in [0.15, 0.2) is 30.3 Å². The monoisotopic (exact) mass is 546 g/mol. The molecule has 8 heteroatoms. The van der Waals surface area contributed by atoms with E-state index in [9.17, 15) is 14.4 Å². The molecule has 7 nitrogen and oxygen atoms in total. The number of benzene rings is 1. The molecule has 0 radical (unpaired) electrons. The molecule has 1 aromatic rings. The van der Waals surface area contributed by atoms with E-state index >= 15 is 0 Å². The minimum Gasteiger partial charge on any atom is -0.467 e. The van der Waals surface area contributed by atoms with Gasteiger partial charge in [-0.2, -0.15) is 11.8 Å². The van der Waals surface area contributed by atoms with E-state index in [0.29, 0.717) is 31.1 Å². The zero-order valence-electron chi connectivity index (χ0n) is 23.4. The van der Waals surface area contributed by atoms with Crippen molar-refractivity contribution in [3.63, 3.8) is 0 Å². The van der Waals surface area contributed by atoms with Gasteiger partial charge < -0.3 is 19.7 Å². The van der Waals surface area contributed by atoms with Crippen molar-refractivity contribution in [1.29, 1.82) is 0 Å². The molecule has 2 aliphatic rings. The SMILES string of the molecule is COC(=O)[C@H](CSC[C@@H]1CCCN1C(=O)CC1CCCCC1)NC(=O)[C@H](CC(C)C)OCc1ccccc1. The number of amides is 2. The standard InChI is InChI=1S/C30H46N2O5S/c1-22(2)17-27(37-19-24-13-8-5-9-14-24)29(34)31-26(30(35)36-3)21-38-20-25-15-10-16-32(25)28(33)18-23-11-6-4-7-12-23/h5,8-9,13-14,22-23,25-27H,4,6-7,10-12,15-21H2,1-3H3,(H,31,34)/t25-,26-,27-/m0/s1. The number of methoxy groups -OCH3 is 1. The first-order valence-corrected chi connectivity index (χ1v) is 15.4. The lowest BCUT2D eigenvalue weighted by molar-refractivity contribution is -0.146. The maximum atomic E-state index is 13.2. The van der Waals surface area contributed by atoms with Gasteiger partial charge in [-0.1, -0.05) is 63.4 Å². The molecule has 0 aromatic heterocycles. The number of ether oxygens (including phenoxy) is 2. The Morgan fingerprint density at radius 2 is 1.79 bits per heavy atom. The van der Waals surface area contributed by atoms with E-state index in [2.05, 4.69) is 10.2 Å². The topological polar surface area (TPSA) is 84.9 Å². The summed E-state index contributed by atoms with van der Waals surface area (Å²) in [5.41, 5.74) is 0.994. The van der Waals surface area contributed by atoms with Crippen molar-refractivity contribution >= 4 is 29.5 Å². The molecular weight excluding hydrogens is 500 g/mol. The van der Waals surface area contributed by atoms with Gasteiger partial charge in [0.25, 0.3) is 0 Å². The van der Waals surface area contributed by atoms with Crippen molar-refractivity contribution in [2.24, 2.45) is 11.8 Å². The minimum atomic E-state index is -0.764. The van der Waals surface area contributed by atoms with Crippen molar-refractivity contribution in [2.75, 3.05) is 25.2 Å². The van der Waals surface area contributed by atoms with Crippen LogP contribution in [0.25, 0.3) is 0 Å². The van der Waals surface area contributed by atoms with Crippen LogP contribution in [0.4, 0.5) is 0 Å². The van der Waals surface area contributed by atoms with Gasteiger partial charge in [0.05, 0.1) is 13.7 Å². The van der Waals surface area contributed by atoms with E-state index in [0.717, 1.165) is 30.7 Å². The predicted molar refractivity (Wildman–Crippen MR) is 152 cm³/mol. The number of hydrogen-bond acceptors (Lipinski definition) is 6. The highest BCUT2D eigenvalue weighted by Gasteiger charge is 2.32. The third-order valence-electron chi connectivity index (χ3n) is 7.55. The van der Waals surface area contributed by atoms with E-state index < -0.39 is 18.1 Å². The van der Waals surface area contributed by atoms with Gasteiger partial charge in [-0.3, -0.25) is 9.59 Å². The van der Waals surface area contributed by atoms with Crippen molar-refractivity contribution in [1.82, 2.24) is 10.2 Å². The van der Waals surface area contributed by atoms with Crippen LogP contribution in [-0.2, 0) is 30.5 Å². The number of thioether (sulfide) groups is 1. The highest BCUT2D eigenvalue weighted by atomic mass is 32.2. The molecule has 2 amide bonds. The number of carbonyl (C=O) groups is 3. The van der Waals surface area contributed by atoms with Crippen LogP contribution in [0.5, 0.6) is 0 Å². The highest BCUT2D eigenvalue weighted by Crippen LogP contribution is 2.29. The molecule has 1 aliphatic carbocycles. The first kappa shape index (κ1) is 30.5. The molecule has 1 heterocycles. The molecule has 3 atom stereocenters. The molecule has 1 saturated heterocycles. The second-order valence-electron chi connectivity index (χ2n) is 11.1. The molecule has 0 bridgehead atoms. The van der Waals surface area contributed by atoms with Crippen molar-refractivity contribution < 1.29 is 23.9 Å². The van der Waals surface area contributed by atoms with Crippen LogP contribution < -0.4 is 5.32 Å². The van der Waals surface area contributed by atoms with Crippen LogP contribution in [0.1, 0.15) is 77.2 Å². The maximum absolute atomic E-state index is 13.2. The molecule has 0 unspecified atom stereocenters. The molecular formula is C30H46N2O5S. The summed E-state index contributed by atoms with van der Waals surface area (Å²) < 4.78 is 11.0. The summed E-state index contributed by atoms with van der Waals surface area (Å²) in [5.74, 6) is 1.46. The number of hydrogen-bond donors (Lipinski definition) is 1. The first-order chi connectivity index (χ1) is 18.4. The summed E-state index contributed by atoms with van der Waals surface area (Å²) >= 11 is 1.60. The number of carbonyl (C=O) groups excluding carboxylic acids is 3. The lowest BCUT2D eigenvalue weighted by atomic mass is 9.86. The fraction of sp³-hybridized carbons (Fsp3) is 0.700. The Hall–Kier alpha value is -2.06. The minimum absolute atomic E-state index is 0.188. The Bertz CT molecular complexity index is 875. The van der Waals surface area contributed by atoms with Crippen molar-refractivity contribution in [2.45, 2.75) is 96.4 Å². The largest absolute Gasteiger partial charge is 0.467 e. The van der Waals surface area contributed by atoms with Crippen LogP contribution in [0, 0.1) is 11.8 Å². The van der Waals surface area contributed by atoms with Crippen LogP contribution in [-0.4, -0.2) is 66.0 Å². The number of rotatable bonds is 14. The number of likely N-dealkylation sites (tertiary alicyclic amines) is 1. The third kappa shape index (κ3) is 9.92. The Balaban J connectivity index is 1.51. The van der Waals surface area contributed by atoms with Crippen molar-refractivity contribution in [3.8, 4) is 0 Å². The summed E-state index contributed by atoms with van der Waals surface area (Å²) in [4.78, 5) is 40.8. The van der Waals surface area contributed by atoms with Crippen LogP contribution >= 0.6 is 11.8 Å². The second kappa shape index (κ2) is 16.1. The van der Waals surface area contributed by atoms with E-state index in [4.69, 9.17) is 9.47 Å². The third-order valence-corrected chi connectivity index (χ3v) is 8.74. The molecule has 38 heavy (non-hydrogen) atoms. The molecule has 0 spiro atoms. The molecule has 1 saturated carbocycles.